The molecular formula is C19H23ClN4OS. The summed E-state index contributed by atoms with van der Waals surface area (Å²) in [5, 5.41) is 3.36. The lowest BCUT2D eigenvalue weighted by Gasteiger charge is -2.20. The number of hydrogen-bond acceptors (Lipinski definition) is 4. The lowest BCUT2D eigenvalue weighted by molar-refractivity contribution is -0.119. The highest BCUT2D eigenvalue weighted by Gasteiger charge is 2.29. The van der Waals surface area contributed by atoms with Gasteiger partial charge in [0.25, 0.3) is 5.91 Å². The first-order valence-corrected chi connectivity index (χ1v) is 9.01. The first-order valence-electron chi connectivity index (χ1n) is 8.16. The molecular weight excluding hydrogens is 368 g/mol. The summed E-state index contributed by atoms with van der Waals surface area (Å²) in [5.74, 6) is -0.211. The van der Waals surface area contributed by atoms with Crippen molar-refractivity contribution < 1.29 is 4.79 Å². The van der Waals surface area contributed by atoms with Gasteiger partial charge in [0.05, 0.1) is 16.9 Å². The molecule has 5 nitrogen and oxygen atoms in total. The second-order valence-corrected chi connectivity index (χ2v) is 5.74. The van der Waals surface area contributed by atoms with E-state index in [1.54, 1.807) is 48.6 Å². The lowest BCUT2D eigenvalue weighted by atomic mass is 10.0. The van der Waals surface area contributed by atoms with E-state index < -0.39 is 6.17 Å². The van der Waals surface area contributed by atoms with E-state index in [0.717, 1.165) is 16.8 Å². The zero-order valence-electron chi connectivity index (χ0n) is 15.4. The molecule has 7 heteroatoms. The van der Waals surface area contributed by atoms with Crippen LogP contribution in [0.4, 0.5) is 5.69 Å². The largest absolute Gasteiger partial charge is 0.353 e. The molecule has 2 rings (SSSR count). The minimum atomic E-state index is -0.805. The van der Waals surface area contributed by atoms with Crippen LogP contribution < -0.4 is 10.2 Å². The Bertz CT molecular complexity index is 771. The number of fused-ring (bicyclic) bond motifs is 1. The lowest BCUT2D eigenvalue weighted by Crippen LogP contribution is -2.42. The van der Waals surface area contributed by atoms with Crippen molar-refractivity contribution >= 4 is 52.8 Å². The first kappa shape index (κ1) is 21.7. The fraction of sp³-hybridized carbons (Fsp3) is 0.263. The Balaban J connectivity index is 0.00000163. The van der Waals surface area contributed by atoms with Gasteiger partial charge in [-0.3, -0.25) is 9.79 Å². The molecule has 0 saturated heterocycles. The van der Waals surface area contributed by atoms with Crippen LogP contribution in [0.3, 0.4) is 0 Å². The average Bonchev–Trinajstić information content (AvgIpc) is 2.74. The second kappa shape index (κ2) is 10.6. The Morgan fingerprint density at radius 2 is 2.15 bits per heavy atom. The van der Waals surface area contributed by atoms with Crippen molar-refractivity contribution in [3.05, 3.63) is 53.2 Å². The third kappa shape index (κ3) is 5.09. The average molecular weight is 391 g/mol. The van der Waals surface area contributed by atoms with Gasteiger partial charge in [-0.1, -0.05) is 50.3 Å². The topological polar surface area (TPSA) is 57.1 Å². The van der Waals surface area contributed by atoms with Crippen LogP contribution in [-0.4, -0.2) is 36.5 Å². The Kier molecular flexibility index (Phi) is 8.88. The van der Waals surface area contributed by atoms with Gasteiger partial charge in [0.1, 0.15) is 0 Å². The highest BCUT2D eigenvalue weighted by Crippen LogP contribution is 2.29. The molecule has 1 aromatic rings. The number of amides is 1. The number of benzodiazepines with no additional fused rings is 1. The molecule has 0 radical (unpaired) electrons. The van der Waals surface area contributed by atoms with E-state index in [-0.39, 0.29) is 5.91 Å². The number of likely N-dealkylation sites (N-methyl/N-ethyl adjacent to an activating group) is 1. The number of rotatable bonds is 5. The summed E-state index contributed by atoms with van der Waals surface area (Å²) in [6, 6.07) is 5.32. The highest BCUT2D eigenvalue weighted by atomic mass is 35.5. The molecule has 0 saturated carbocycles. The predicted molar refractivity (Wildman–Crippen MR) is 116 cm³/mol. The summed E-state index contributed by atoms with van der Waals surface area (Å²) in [4.78, 5) is 22.8. The van der Waals surface area contributed by atoms with Gasteiger partial charge in [-0.25, -0.2) is 4.99 Å². The monoisotopic (exact) mass is 390 g/mol. The molecule has 0 aliphatic carbocycles. The van der Waals surface area contributed by atoms with E-state index >= 15 is 0 Å². The fourth-order valence-corrected chi connectivity index (χ4v) is 2.61. The number of aliphatic imine (C=N–C) groups is 2. The number of allylic oxidation sites excluding steroid dienone is 2. The van der Waals surface area contributed by atoms with Crippen LogP contribution >= 0.6 is 23.8 Å². The Morgan fingerprint density at radius 3 is 2.77 bits per heavy atom. The Labute approximate surface area is 165 Å². The van der Waals surface area contributed by atoms with Crippen molar-refractivity contribution in [3.8, 4) is 0 Å². The van der Waals surface area contributed by atoms with Gasteiger partial charge in [-0.2, -0.15) is 0 Å². The minimum Gasteiger partial charge on any atom is -0.353 e. The smallest absolute Gasteiger partial charge is 0.271 e. The quantitative estimate of drug-likeness (QED) is 0.606. The number of hydrogen-bond donors (Lipinski definition) is 1. The standard InChI is InChI=1S/C17H17ClN4OS.C2H6/c1-4-7-19-9-11(2)15-13-8-12(18)5-6-14(13)22(3)17(23)16(21-15)20-10-24;1-2/h4-10,16H,1H2,2-3H3,(H,20,24);1-2H3/b11-9+,19-7?;. The third-order valence-electron chi connectivity index (χ3n) is 3.46. The molecule has 1 aliphatic rings. The molecule has 0 fully saturated rings. The molecule has 26 heavy (non-hydrogen) atoms. The SMILES string of the molecule is C=CC=N/C=C(\C)C1=NC(NC=S)C(=O)N(C)c2ccc(Cl)cc21.CC. The molecule has 1 aliphatic heterocycles. The molecule has 1 unspecified atom stereocenters. The van der Waals surface area contributed by atoms with Crippen LogP contribution in [0, 0.1) is 0 Å². The molecule has 138 valence electrons. The van der Waals surface area contributed by atoms with E-state index in [2.05, 4.69) is 21.9 Å². The van der Waals surface area contributed by atoms with Gasteiger partial charge < -0.3 is 10.2 Å². The summed E-state index contributed by atoms with van der Waals surface area (Å²) < 4.78 is 0. The number of benzene rings is 1. The van der Waals surface area contributed by atoms with Crippen molar-refractivity contribution in [2.75, 3.05) is 11.9 Å². The van der Waals surface area contributed by atoms with Gasteiger partial charge in [0, 0.05) is 30.0 Å². The summed E-state index contributed by atoms with van der Waals surface area (Å²) in [7, 11) is 1.69. The van der Waals surface area contributed by atoms with E-state index in [4.69, 9.17) is 23.8 Å². The Hall–Kier alpha value is -2.31. The van der Waals surface area contributed by atoms with Gasteiger partial charge >= 0.3 is 0 Å². The molecule has 1 aromatic carbocycles. The molecule has 1 N–H and O–H groups in total. The van der Waals surface area contributed by atoms with Crippen molar-refractivity contribution in [2.45, 2.75) is 26.9 Å². The van der Waals surface area contributed by atoms with E-state index in [1.165, 1.54) is 5.49 Å². The number of carbonyl (C=O) groups is 1. The van der Waals surface area contributed by atoms with Crippen LogP contribution in [0.15, 0.2) is 52.6 Å². The van der Waals surface area contributed by atoms with Gasteiger partial charge in [-0.05, 0) is 30.7 Å². The summed E-state index contributed by atoms with van der Waals surface area (Å²) in [6.07, 6.45) is 4.01. The van der Waals surface area contributed by atoms with Crippen LogP contribution in [0.5, 0.6) is 0 Å². The van der Waals surface area contributed by atoms with Crippen molar-refractivity contribution in [1.82, 2.24) is 5.32 Å². The van der Waals surface area contributed by atoms with E-state index in [9.17, 15) is 4.79 Å². The van der Waals surface area contributed by atoms with Gasteiger partial charge in [0.15, 0.2) is 6.17 Å². The number of nitrogens with one attached hydrogen (secondary N) is 1. The highest BCUT2D eigenvalue weighted by molar-refractivity contribution is 7.78. The van der Waals surface area contributed by atoms with Crippen LogP contribution in [0.1, 0.15) is 26.3 Å². The normalized spacial score (nSPS) is 16.9. The molecule has 0 aromatic heterocycles. The summed E-state index contributed by atoms with van der Waals surface area (Å²) in [6.45, 7) is 9.45. The first-order chi connectivity index (χ1) is 12.5. The van der Waals surface area contributed by atoms with Gasteiger partial charge in [0.2, 0.25) is 0 Å². The van der Waals surface area contributed by atoms with Crippen LogP contribution in [-0.2, 0) is 4.79 Å². The fourth-order valence-electron chi connectivity index (χ4n) is 2.31. The van der Waals surface area contributed by atoms with Crippen molar-refractivity contribution in [1.29, 1.82) is 0 Å². The van der Waals surface area contributed by atoms with E-state index in [1.807, 2.05) is 20.8 Å². The number of anilines is 1. The Morgan fingerprint density at radius 1 is 1.46 bits per heavy atom. The van der Waals surface area contributed by atoms with Crippen molar-refractivity contribution in [3.63, 3.8) is 0 Å². The summed E-state index contributed by atoms with van der Waals surface area (Å²) in [5.41, 5.74) is 4.18. The zero-order valence-corrected chi connectivity index (χ0v) is 16.9. The maximum Gasteiger partial charge on any atom is 0.271 e. The number of nitrogens with zero attached hydrogens (tertiary/aromatic N) is 3. The number of carbonyl (C=O) groups excluding carboxylic acids is 1. The molecule has 1 atom stereocenters. The minimum absolute atomic E-state index is 0.211. The third-order valence-corrected chi connectivity index (χ3v) is 3.83. The number of halogens is 1. The molecule has 0 bridgehead atoms. The summed E-state index contributed by atoms with van der Waals surface area (Å²) >= 11 is 11.0. The van der Waals surface area contributed by atoms with Gasteiger partial charge in [-0.15, -0.1) is 0 Å². The zero-order chi connectivity index (χ0) is 19.7. The number of thiocarbonyl (C=S) groups is 1. The van der Waals surface area contributed by atoms with E-state index in [0.29, 0.717) is 10.7 Å². The molecule has 1 heterocycles. The molecule has 1 amide bonds. The van der Waals surface area contributed by atoms with Crippen molar-refractivity contribution in [2.24, 2.45) is 9.98 Å². The maximum atomic E-state index is 12.6. The second-order valence-electron chi connectivity index (χ2n) is 5.07. The maximum absolute atomic E-state index is 12.6. The molecule has 0 spiro atoms. The predicted octanol–water partition coefficient (Wildman–Crippen LogP) is 4.17. The van der Waals surface area contributed by atoms with Crippen LogP contribution in [0.25, 0.3) is 0 Å². The van der Waals surface area contributed by atoms with Crippen LogP contribution in [0.2, 0.25) is 5.02 Å².